The van der Waals surface area contributed by atoms with Gasteiger partial charge in [0.05, 0.1) is 11.2 Å². The number of oxazole rings is 1. The summed E-state index contributed by atoms with van der Waals surface area (Å²) in [6, 6.07) is 5.38. The highest BCUT2D eigenvalue weighted by Gasteiger charge is 2.13. The number of rotatable bonds is 8. The Morgan fingerprint density at radius 1 is 1.24 bits per heavy atom. The summed E-state index contributed by atoms with van der Waals surface area (Å²) in [7, 11) is 0. The van der Waals surface area contributed by atoms with E-state index in [4.69, 9.17) is 27.6 Å². The first-order chi connectivity index (χ1) is 11.8. The Morgan fingerprint density at radius 3 is 2.68 bits per heavy atom. The number of hydrogen-bond donors (Lipinski definition) is 1. The van der Waals surface area contributed by atoms with Crippen LogP contribution in [0.4, 0.5) is 0 Å². The molecule has 2 aromatic rings. The Morgan fingerprint density at radius 2 is 2.00 bits per heavy atom. The van der Waals surface area contributed by atoms with E-state index in [9.17, 15) is 4.79 Å². The minimum atomic E-state index is 0.0144. The number of nitrogens with one attached hydrogen (secondary N) is 1. The van der Waals surface area contributed by atoms with Gasteiger partial charge in [-0.05, 0) is 43.9 Å². The molecular formula is C19H24Cl2N2O2. The monoisotopic (exact) mass is 382 g/mol. The van der Waals surface area contributed by atoms with Gasteiger partial charge in [0.1, 0.15) is 0 Å². The first kappa shape index (κ1) is 19.8. The van der Waals surface area contributed by atoms with Crippen LogP contribution in [-0.4, -0.2) is 16.9 Å². The van der Waals surface area contributed by atoms with Crippen molar-refractivity contribution >= 4 is 29.1 Å². The number of amides is 1. The highest BCUT2D eigenvalue weighted by molar-refractivity contribution is 6.36. The molecule has 1 heterocycles. The summed E-state index contributed by atoms with van der Waals surface area (Å²) in [4.78, 5) is 16.3. The highest BCUT2D eigenvalue weighted by Crippen LogP contribution is 2.30. The van der Waals surface area contributed by atoms with Crippen LogP contribution in [-0.2, 0) is 11.2 Å². The van der Waals surface area contributed by atoms with Crippen LogP contribution in [0.5, 0.6) is 0 Å². The zero-order valence-corrected chi connectivity index (χ0v) is 16.3. The molecule has 25 heavy (non-hydrogen) atoms. The number of aryl methyl sites for hydroxylation is 1. The molecule has 0 aliphatic heterocycles. The molecule has 1 aromatic heterocycles. The Balaban J connectivity index is 1.86. The van der Waals surface area contributed by atoms with E-state index in [1.165, 1.54) is 0 Å². The van der Waals surface area contributed by atoms with Crippen molar-refractivity contribution in [1.29, 1.82) is 0 Å². The van der Waals surface area contributed by atoms with Crippen molar-refractivity contribution in [2.75, 3.05) is 0 Å². The third-order valence-electron chi connectivity index (χ3n) is 3.90. The lowest BCUT2D eigenvalue weighted by Crippen LogP contribution is -2.32. The predicted molar refractivity (Wildman–Crippen MR) is 102 cm³/mol. The molecule has 1 unspecified atom stereocenters. The van der Waals surface area contributed by atoms with Crippen LogP contribution in [0.25, 0.3) is 11.3 Å². The molecule has 0 bridgehead atoms. The SMILES string of the molecule is CC(C)CCC(C)NC(=O)CCc1ncc(-c2ccc(Cl)cc2Cl)o1. The molecule has 0 aliphatic carbocycles. The van der Waals surface area contributed by atoms with Gasteiger partial charge in [0.2, 0.25) is 5.91 Å². The van der Waals surface area contributed by atoms with E-state index in [0.29, 0.717) is 40.5 Å². The van der Waals surface area contributed by atoms with Crippen molar-refractivity contribution in [2.45, 2.75) is 52.5 Å². The Bertz CT molecular complexity index is 713. The second kappa shape index (κ2) is 9.25. The second-order valence-electron chi connectivity index (χ2n) is 6.68. The van der Waals surface area contributed by atoms with Crippen molar-refractivity contribution in [2.24, 2.45) is 5.92 Å². The van der Waals surface area contributed by atoms with Gasteiger partial charge >= 0.3 is 0 Å². The lowest BCUT2D eigenvalue weighted by Gasteiger charge is -2.14. The van der Waals surface area contributed by atoms with E-state index in [1.807, 2.05) is 6.92 Å². The molecule has 0 saturated heterocycles. The predicted octanol–water partition coefficient (Wildman–Crippen LogP) is 5.52. The molecule has 6 heteroatoms. The fourth-order valence-electron chi connectivity index (χ4n) is 2.46. The van der Waals surface area contributed by atoms with Gasteiger partial charge in [-0.1, -0.05) is 37.0 Å². The maximum Gasteiger partial charge on any atom is 0.220 e. The number of nitrogens with zero attached hydrogens (tertiary/aromatic N) is 1. The average molecular weight is 383 g/mol. The van der Waals surface area contributed by atoms with Gasteiger partial charge in [0, 0.05) is 29.5 Å². The Hall–Kier alpha value is -1.52. The minimum absolute atomic E-state index is 0.0144. The van der Waals surface area contributed by atoms with Gasteiger partial charge in [-0.25, -0.2) is 4.98 Å². The standard InChI is InChI=1S/C19H24Cl2N2O2/c1-12(2)4-5-13(3)23-18(24)8-9-19-22-11-17(25-19)15-7-6-14(20)10-16(15)21/h6-7,10-13H,4-5,8-9H2,1-3H3,(H,23,24). The summed E-state index contributed by atoms with van der Waals surface area (Å²) >= 11 is 12.1. The van der Waals surface area contributed by atoms with Crippen LogP contribution in [0.1, 0.15) is 45.9 Å². The fourth-order valence-corrected chi connectivity index (χ4v) is 2.96. The second-order valence-corrected chi connectivity index (χ2v) is 7.53. The minimum Gasteiger partial charge on any atom is -0.441 e. The van der Waals surface area contributed by atoms with E-state index < -0.39 is 0 Å². The summed E-state index contributed by atoms with van der Waals surface area (Å²) < 4.78 is 5.71. The maximum absolute atomic E-state index is 12.0. The third kappa shape index (κ3) is 6.37. The van der Waals surface area contributed by atoms with Gasteiger partial charge in [0.25, 0.3) is 0 Å². The number of carbonyl (C=O) groups is 1. The third-order valence-corrected chi connectivity index (χ3v) is 4.45. The summed E-state index contributed by atoms with van der Waals surface area (Å²) in [6.45, 7) is 6.40. The molecule has 0 spiro atoms. The van der Waals surface area contributed by atoms with E-state index in [2.05, 4.69) is 24.1 Å². The number of carbonyl (C=O) groups excluding carboxylic acids is 1. The van der Waals surface area contributed by atoms with Gasteiger partial charge in [-0.2, -0.15) is 0 Å². The van der Waals surface area contributed by atoms with Crippen LogP contribution in [0.2, 0.25) is 10.0 Å². The van der Waals surface area contributed by atoms with Crippen LogP contribution < -0.4 is 5.32 Å². The highest BCUT2D eigenvalue weighted by atomic mass is 35.5. The van der Waals surface area contributed by atoms with Crippen molar-refractivity contribution in [3.8, 4) is 11.3 Å². The van der Waals surface area contributed by atoms with Gasteiger partial charge in [-0.3, -0.25) is 4.79 Å². The van der Waals surface area contributed by atoms with E-state index in [-0.39, 0.29) is 11.9 Å². The van der Waals surface area contributed by atoms with Crippen LogP contribution in [0.15, 0.2) is 28.8 Å². The molecule has 1 amide bonds. The molecule has 1 atom stereocenters. The molecule has 2 rings (SSSR count). The molecule has 136 valence electrons. The van der Waals surface area contributed by atoms with Crippen molar-refractivity contribution in [3.63, 3.8) is 0 Å². The fraction of sp³-hybridized carbons (Fsp3) is 0.474. The molecule has 0 radical (unpaired) electrons. The van der Waals surface area contributed by atoms with Gasteiger partial charge in [0.15, 0.2) is 11.7 Å². The number of benzene rings is 1. The van der Waals surface area contributed by atoms with E-state index >= 15 is 0 Å². The largest absolute Gasteiger partial charge is 0.441 e. The number of hydrogen-bond acceptors (Lipinski definition) is 3. The lowest BCUT2D eigenvalue weighted by atomic mass is 10.0. The maximum atomic E-state index is 12.0. The normalized spacial score (nSPS) is 12.4. The zero-order valence-electron chi connectivity index (χ0n) is 14.8. The molecule has 0 fully saturated rings. The first-order valence-electron chi connectivity index (χ1n) is 8.54. The lowest BCUT2D eigenvalue weighted by molar-refractivity contribution is -0.121. The van der Waals surface area contributed by atoms with Crippen LogP contribution in [0, 0.1) is 5.92 Å². The van der Waals surface area contributed by atoms with Crippen molar-refractivity contribution < 1.29 is 9.21 Å². The van der Waals surface area contributed by atoms with Crippen LogP contribution in [0.3, 0.4) is 0 Å². The summed E-state index contributed by atoms with van der Waals surface area (Å²) in [5.41, 5.74) is 0.733. The Labute approximate surface area is 158 Å². The summed E-state index contributed by atoms with van der Waals surface area (Å²) in [6.07, 6.45) is 4.51. The molecule has 1 aromatic carbocycles. The molecule has 0 saturated carbocycles. The first-order valence-corrected chi connectivity index (χ1v) is 9.30. The average Bonchev–Trinajstić information content (AvgIpc) is 2.99. The number of halogens is 2. The van der Waals surface area contributed by atoms with Gasteiger partial charge in [-0.15, -0.1) is 0 Å². The molecule has 4 nitrogen and oxygen atoms in total. The zero-order chi connectivity index (χ0) is 18.4. The van der Waals surface area contributed by atoms with E-state index in [1.54, 1.807) is 24.4 Å². The summed E-state index contributed by atoms with van der Waals surface area (Å²) in [5, 5.41) is 4.09. The van der Waals surface area contributed by atoms with Gasteiger partial charge < -0.3 is 9.73 Å². The summed E-state index contributed by atoms with van der Waals surface area (Å²) in [5.74, 6) is 1.75. The van der Waals surface area contributed by atoms with Crippen molar-refractivity contribution in [1.82, 2.24) is 10.3 Å². The van der Waals surface area contributed by atoms with E-state index in [0.717, 1.165) is 18.4 Å². The molecule has 1 N–H and O–H groups in total. The smallest absolute Gasteiger partial charge is 0.220 e. The van der Waals surface area contributed by atoms with Crippen LogP contribution >= 0.6 is 23.2 Å². The Kier molecular flexibility index (Phi) is 7.33. The number of aromatic nitrogens is 1. The molecule has 0 aliphatic rings. The van der Waals surface area contributed by atoms with Crippen molar-refractivity contribution in [3.05, 3.63) is 40.3 Å². The molecular weight excluding hydrogens is 359 g/mol. The topological polar surface area (TPSA) is 55.1 Å². The quantitative estimate of drug-likeness (QED) is 0.653.